The highest BCUT2D eigenvalue weighted by Crippen LogP contribution is 2.15. The molecular formula is C16H27NO2S. The van der Waals surface area contributed by atoms with Crippen molar-refractivity contribution < 1.29 is 8.42 Å². The van der Waals surface area contributed by atoms with Crippen molar-refractivity contribution in [3.8, 4) is 0 Å². The summed E-state index contributed by atoms with van der Waals surface area (Å²) in [7, 11) is -3.02. The molecule has 0 saturated carbocycles. The second kappa shape index (κ2) is 7.23. The van der Waals surface area contributed by atoms with Crippen molar-refractivity contribution in [3.05, 3.63) is 35.9 Å². The minimum atomic E-state index is -3.02. The Morgan fingerprint density at radius 3 is 2.30 bits per heavy atom. The summed E-state index contributed by atoms with van der Waals surface area (Å²) in [6.07, 6.45) is 2.03. The Hall–Kier alpha value is -0.870. The summed E-state index contributed by atoms with van der Waals surface area (Å²) < 4.78 is 23.3. The molecule has 0 aliphatic rings. The van der Waals surface area contributed by atoms with E-state index in [0.717, 1.165) is 12.8 Å². The first kappa shape index (κ1) is 17.2. The molecule has 0 aliphatic carbocycles. The highest BCUT2D eigenvalue weighted by atomic mass is 32.2. The number of rotatable bonds is 7. The van der Waals surface area contributed by atoms with E-state index in [9.17, 15) is 8.42 Å². The van der Waals surface area contributed by atoms with Crippen LogP contribution in [0.1, 0.15) is 39.7 Å². The van der Waals surface area contributed by atoms with Gasteiger partial charge in [0.1, 0.15) is 0 Å². The lowest BCUT2D eigenvalue weighted by molar-refractivity contribution is 0.519. The Morgan fingerprint density at radius 2 is 1.75 bits per heavy atom. The molecule has 1 rings (SSSR count). The van der Waals surface area contributed by atoms with E-state index in [2.05, 4.69) is 24.4 Å². The van der Waals surface area contributed by atoms with E-state index < -0.39 is 14.6 Å². The number of hydrogen-bond donors (Lipinski definition) is 1. The molecule has 20 heavy (non-hydrogen) atoms. The predicted molar refractivity (Wildman–Crippen MR) is 85.8 cm³/mol. The zero-order valence-corrected chi connectivity index (χ0v) is 13.8. The van der Waals surface area contributed by atoms with E-state index in [-0.39, 0.29) is 5.75 Å². The van der Waals surface area contributed by atoms with Gasteiger partial charge in [-0.05, 0) is 46.1 Å². The fourth-order valence-electron chi connectivity index (χ4n) is 1.88. The second-order valence-electron chi connectivity index (χ2n) is 6.31. The molecule has 0 amide bonds. The van der Waals surface area contributed by atoms with Gasteiger partial charge in [0.2, 0.25) is 0 Å². The number of aryl methyl sites for hydroxylation is 1. The van der Waals surface area contributed by atoms with Crippen molar-refractivity contribution in [3.63, 3.8) is 0 Å². The van der Waals surface area contributed by atoms with Crippen molar-refractivity contribution in [2.24, 2.45) is 0 Å². The van der Waals surface area contributed by atoms with Crippen molar-refractivity contribution in [1.82, 2.24) is 5.32 Å². The first-order chi connectivity index (χ1) is 9.22. The number of nitrogens with one attached hydrogen (secondary N) is 1. The Kier molecular flexibility index (Phi) is 6.21. The van der Waals surface area contributed by atoms with Crippen LogP contribution in [0.25, 0.3) is 0 Å². The van der Waals surface area contributed by atoms with Crippen molar-refractivity contribution >= 4 is 9.84 Å². The van der Waals surface area contributed by atoms with Gasteiger partial charge < -0.3 is 5.32 Å². The highest BCUT2D eigenvalue weighted by molar-refractivity contribution is 7.92. The van der Waals surface area contributed by atoms with Crippen LogP contribution in [0.2, 0.25) is 0 Å². The van der Waals surface area contributed by atoms with Crippen LogP contribution < -0.4 is 5.32 Å². The van der Waals surface area contributed by atoms with Gasteiger partial charge in [-0.25, -0.2) is 8.42 Å². The van der Waals surface area contributed by atoms with E-state index in [1.807, 2.05) is 18.2 Å². The maximum Gasteiger partial charge on any atom is 0.156 e. The monoisotopic (exact) mass is 297 g/mol. The summed E-state index contributed by atoms with van der Waals surface area (Å²) in [5.74, 6) is 0.201. The molecule has 1 atom stereocenters. The molecule has 0 aliphatic heterocycles. The molecule has 0 aromatic heterocycles. The molecule has 0 heterocycles. The molecule has 0 fully saturated rings. The van der Waals surface area contributed by atoms with Crippen LogP contribution >= 0.6 is 0 Å². The van der Waals surface area contributed by atoms with E-state index in [0.29, 0.717) is 12.6 Å². The third-order valence-electron chi connectivity index (χ3n) is 3.51. The highest BCUT2D eigenvalue weighted by Gasteiger charge is 2.28. The third-order valence-corrected chi connectivity index (χ3v) is 6.11. The molecule has 114 valence electrons. The number of hydrogen-bond acceptors (Lipinski definition) is 3. The van der Waals surface area contributed by atoms with Gasteiger partial charge in [0.25, 0.3) is 0 Å². The lowest BCUT2D eigenvalue weighted by Crippen LogP contribution is -2.37. The molecule has 1 N–H and O–H groups in total. The largest absolute Gasteiger partial charge is 0.313 e. The first-order valence-electron chi connectivity index (χ1n) is 7.22. The average Bonchev–Trinajstić information content (AvgIpc) is 2.36. The van der Waals surface area contributed by atoms with Crippen LogP contribution in [0.15, 0.2) is 30.3 Å². The van der Waals surface area contributed by atoms with Crippen LogP contribution in [-0.2, 0) is 16.3 Å². The lowest BCUT2D eigenvalue weighted by Gasteiger charge is -2.20. The minimum Gasteiger partial charge on any atom is -0.313 e. The fraction of sp³-hybridized carbons (Fsp3) is 0.625. The minimum absolute atomic E-state index is 0.201. The van der Waals surface area contributed by atoms with Crippen molar-refractivity contribution in [2.45, 2.75) is 51.3 Å². The molecule has 0 bridgehead atoms. The molecule has 0 spiro atoms. The summed E-state index contributed by atoms with van der Waals surface area (Å²) >= 11 is 0. The van der Waals surface area contributed by atoms with Gasteiger partial charge in [0.05, 0.1) is 10.5 Å². The van der Waals surface area contributed by atoms with Crippen LogP contribution in [0.5, 0.6) is 0 Å². The Balaban J connectivity index is 2.29. The van der Waals surface area contributed by atoms with Gasteiger partial charge in [-0.2, -0.15) is 0 Å². The average molecular weight is 297 g/mol. The molecule has 1 aromatic rings. The second-order valence-corrected chi connectivity index (χ2v) is 9.17. The SMILES string of the molecule is CC(CCc1ccccc1)NCCS(=O)(=O)C(C)(C)C. The molecular weight excluding hydrogens is 270 g/mol. The first-order valence-corrected chi connectivity index (χ1v) is 8.87. The quantitative estimate of drug-likeness (QED) is 0.842. The smallest absolute Gasteiger partial charge is 0.156 e. The van der Waals surface area contributed by atoms with E-state index in [4.69, 9.17) is 0 Å². The lowest BCUT2D eigenvalue weighted by atomic mass is 10.1. The summed E-state index contributed by atoms with van der Waals surface area (Å²) in [6, 6.07) is 10.7. The van der Waals surface area contributed by atoms with E-state index in [1.54, 1.807) is 20.8 Å². The van der Waals surface area contributed by atoms with Crippen molar-refractivity contribution in [1.29, 1.82) is 0 Å². The van der Waals surface area contributed by atoms with Gasteiger partial charge in [0, 0.05) is 12.6 Å². The van der Waals surface area contributed by atoms with Crippen LogP contribution in [0.3, 0.4) is 0 Å². The summed E-state index contributed by atoms with van der Waals surface area (Å²) in [6.45, 7) is 7.88. The fourth-order valence-corrected chi connectivity index (χ4v) is 2.87. The normalized spacial score (nSPS) is 14.2. The van der Waals surface area contributed by atoms with Gasteiger partial charge in [-0.1, -0.05) is 30.3 Å². The maximum atomic E-state index is 12.0. The Bertz CT molecular complexity index is 489. The molecule has 0 saturated heterocycles. The van der Waals surface area contributed by atoms with Gasteiger partial charge in [-0.15, -0.1) is 0 Å². The van der Waals surface area contributed by atoms with Crippen molar-refractivity contribution in [2.75, 3.05) is 12.3 Å². The van der Waals surface area contributed by atoms with E-state index in [1.165, 1.54) is 5.56 Å². The predicted octanol–water partition coefficient (Wildman–Crippen LogP) is 2.81. The maximum absolute atomic E-state index is 12.0. The Morgan fingerprint density at radius 1 is 1.15 bits per heavy atom. The molecule has 1 unspecified atom stereocenters. The number of sulfone groups is 1. The zero-order chi connectivity index (χ0) is 15.2. The van der Waals surface area contributed by atoms with Crippen LogP contribution in [0, 0.1) is 0 Å². The van der Waals surface area contributed by atoms with Gasteiger partial charge in [0.15, 0.2) is 9.84 Å². The zero-order valence-electron chi connectivity index (χ0n) is 13.0. The van der Waals surface area contributed by atoms with Crippen LogP contribution in [0.4, 0.5) is 0 Å². The number of benzene rings is 1. The van der Waals surface area contributed by atoms with E-state index >= 15 is 0 Å². The Labute approximate surface area is 123 Å². The molecule has 1 aromatic carbocycles. The molecule has 0 radical (unpaired) electrons. The third kappa shape index (κ3) is 5.63. The topological polar surface area (TPSA) is 46.2 Å². The molecule has 4 heteroatoms. The van der Waals surface area contributed by atoms with Gasteiger partial charge >= 0.3 is 0 Å². The summed E-state index contributed by atoms with van der Waals surface area (Å²) in [5.41, 5.74) is 1.32. The summed E-state index contributed by atoms with van der Waals surface area (Å²) in [5, 5.41) is 3.30. The van der Waals surface area contributed by atoms with Crippen LogP contribution in [-0.4, -0.2) is 31.5 Å². The standard InChI is InChI=1S/C16H27NO2S/c1-14(10-11-15-8-6-5-7-9-15)17-12-13-20(18,19)16(2,3)4/h5-9,14,17H,10-13H2,1-4H3. The van der Waals surface area contributed by atoms with Gasteiger partial charge in [-0.3, -0.25) is 0 Å². The molecule has 3 nitrogen and oxygen atoms in total. The summed E-state index contributed by atoms with van der Waals surface area (Å²) in [4.78, 5) is 0.